The van der Waals surface area contributed by atoms with Crippen molar-refractivity contribution in [2.45, 2.75) is 88.6 Å². The van der Waals surface area contributed by atoms with E-state index in [-0.39, 0.29) is 11.9 Å². The molecule has 6 heteroatoms. The van der Waals surface area contributed by atoms with Crippen LogP contribution in [0, 0.1) is 0 Å². The van der Waals surface area contributed by atoms with E-state index in [4.69, 9.17) is 0 Å². The van der Waals surface area contributed by atoms with Gasteiger partial charge in [0, 0.05) is 31.6 Å². The molecule has 0 N–H and O–H groups in total. The van der Waals surface area contributed by atoms with Crippen molar-refractivity contribution in [3.05, 3.63) is 29.8 Å². The van der Waals surface area contributed by atoms with E-state index in [9.17, 15) is 13.2 Å². The van der Waals surface area contributed by atoms with E-state index in [0.29, 0.717) is 36.9 Å². The molecule has 0 spiro atoms. The minimum absolute atomic E-state index is 0.215. The number of aryl methyl sites for hydroxylation is 1. The molecule has 1 amide bonds. The van der Waals surface area contributed by atoms with Gasteiger partial charge in [0.2, 0.25) is 15.9 Å². The Kier molecular flexibility index (Phi) is 7.15. The summed E-state index contributed by atoms with van der Waals surface area (Å²) in [6.07, 6.45) is 8.78. The Labute approximate surface area is 170 Å². The van der Waals surface area contributed by atoms with Gasteiger partial charge in [-0.05, 0) is 63.6 Å². The number of carbonyl (C=O) groups is 1. The third-order valence-corrected chi connectivity index (χ3v) is 7.98. The Hall–Kier alpha value is -1.40. The number of carbonyl (C=O) groups excluding carboxylic acids is 1. The van der Waals surface area contributed by atoms with Crippen molar-refractivity contribution < 1.29 is 13.2 Å². The summed E-state index contributed by atoms with van der Waals surface area (Å²) in [5.74, 6) is 0.215. The lowest BCUT2D eigenvalue weighted by atomic mass is 10.1. The first-order valence-electron chi connectivity index (χ1n) is 10.8. The van der Waals surface area contributed by atoms with Gasteiger partial charge < -0.3 is 4.90 Å². The highest BCUT2D eigenvalue weighted by atomic mass is 32.2. The Morgan fingerprint density at radius 2 is 1.64 bits per heavy atom. The first-order valence-corrected chi connectivity index (χ1v) is 12.2. The van der Waals surface area contributed by atoms with Gasteiger partial charge >= 0.3 is 0 Å². The SMILES string of the molecule is CC(C)N(C(=O)CCc1ccc(S(=O)(=O)N2CCCCC2)cc1)C1CCCC1. The minimum Gasteiger partial charge on any atom is -0.337 e. The summed E-state index contributed by atoms with van der Waals surface area (Å²) in [7, 11) is -3.39. The number of nitrogens with zero attached hydrogens (tertiary/aromatic N) is 2. The fraction of sp³-hybridized carbons (Fsp3) is 0.682. The van der Waals surface area contributed by atoms with Gasteiger partial charge in [0.1, 0.15) is 0 Å². The molecule has 1 aromatic carbocycles. The van der Waals surface area contributed by atoms with E-state index in [1.165, 1.54) is 12.8 Å². The van der Waals surface area contributed by atoms with Gasteiger partial charge in [-0.2, -0.15) is 4.31 Å². The molecule has 0 aromatic heterocycles. The van der Waals surface area contributed by atoms with Crippen LogP contribution >= 0.6 is 0 Å². The first kappa shape index (κ1) is 21.3. The van der Waals surface area contributed by atoms with Gasteiger partial charge in [-0.15, -0.1) is 0 Å². The third kappa shape index (κ3) is 4.95. The van der Waals surface area contributed by atoms with E-state index in [1.54, 1.807) is 16.4 Å². The molecule has 2 fully saturated rings. The Balaban J connectivity index is 1.60. The topological polar surface area (TPSA) is 57.7 Å². The summed E-state index contributed by atoms with van der Waals surface area (Å²) in [5, 5.41) is 0. The Bertz CT molecular complexity index is 746. The third-order valence-electron chi connectivity index (χ3n) is 6.07. The second kappa shape index (κ2) is 9.40. The molecule has 0 bridgehead atoms. The first-order chi connectivity index (χ1) is 13.4. The maximum Gasteiger partial charge on any atom is 0.243 e. The predicted octanol–water partition coefficient (Wildman–Crippen LogP) is 3.97. The zero-order valence-corrected chi connectivity index (χ0v) is 18.1. The molecule has 1 saturated heterocycles. The number of hydrogen-bond donors (Lipinski definition) is 0. The summed E-state index contributed by atoms with van der Waals surface area (Å²) in [4.78, 5) is 15.2. The van der Waals surface area contributed by atoms with Crippen LogP contribution in [0.1, 0.15) is 70.8 Å². The number of sulfonamides is 1. The maximum absolute atomic E-state index is 12.8. The van der Waals surface area contributed by atoms with Crippen molar-refractivity contribution in [1.82, 2.24) is 9.21 Å². The summed E-state index contributed by atoms with van der Waals surface area (Å²) < 4.78 is 27.1. The van der Waals surface area contributed by atoms with Crippen LogP contribution in [0.2, 0.25) is 0 Å². The van der Waals surface area contributed by atoms with Crippen LogP contribution in [0.5, 0.6) is 0 Å². The van der Waals surface area contributed by atoms with Gasteiger partial charge in [-0.25, -0.2) is 8.42 Å². The molecule has 0 atom stereocenters. The average Bonchev–Trinajstić information content (AvgIpc) is 3.21. The second-order valence-corrected chi connectivity index (χ2v) is 10.4. The van der Waals surface area contributed by atoms with E-state index in [0.717, 1.165) is 37.7 Å². The van der Waals surface area contributed by atoms with Crippen LogP contribution in [0.3, 0.4) is 0 Å². The smallest absolute Gasteiger partial charge is 0.243 e. The molecular weight excluding hydrogens is 372 g/mol. The standard InChI is InChI=1S/C22H34N2O3S/c1-18(2)24(20-8-4-5-9-20)22(25)15-12-19-10-13-21(14-11-19)28(26,27)23-16-6-3-7-17-23/h10-11,13-14,18,20H,3-9,12,15-17H2,1-2H3. The number of benzene rings is 1. The molecule has 5 nitrogen and oxygen atoms in total. The van der Waals surface area contributed by atoms with E-state index >= 15 is 0 Å². The predicted molar refractivity (Wildman–Crippen MR) is 112 cm³/mol. The highest BCUT2D eigenvalue weighted by molar-refractivity contribution is 7.89. The van der Waals surface area contributed by atoms with E-state index in [2.05, 4.69) is 18.7 Å². The zero-order chi connectivity index (χ0) is 20.1. The van der Waals surface area contributed by atoms with Crippen LogP contribution in [0.15, 0.2) is 29.2 Å². The average molecular weight is 407 g/mol. The van der Waals surface area contributed by atoms with E-state index < -0.39 is 10.0 Å². The lowest BCUT2D eigenvalue weighted by molar-refractivity contribution is -0.135. The highest BCUT2D eigenvalue weighted by Gasteiger charge is 2.28. The van der Waals surface area contributed by atoms with Crippen molar-refractivity contribution in [2.75, 3.05) is 13.1 Å². The monoisotopic (exact) mass is 406 g/mol. The molecule has 156 valence electrons. The molecular formula is C22H34N2O3S. The van der Waals surface area contributed by atoms with E-state index in [1.807, 2.05) is 12.1 Å². The number of piperidine rings is 1. The normalized spacial score (nSPS) is 19.2. The largest absolute Gasteiger partial charge is 0.337 e. The molecule has 0 radical (unpaired) electrons. The van der Waals surface area contributed by atoms with Crippen molar-refractivity contribution in [3.8, 4) is 0 Å². The number of rotatable bonds is 7. The van der Waals surface area contributed by atoms with Crippen LogP contribution < -0.4 is 0 Å². The van der Waals surface area contributed by atoms with Crippen LogP contribution in [-0.4, -0.2) is 48.7 Å². The Morgan fingerprint density at radius 3 is 2.21 bits per heavy atom. The molecule has 28 heavy (non-hydrogen) atoms. The summed E-state index contributed by atoms with van der Waals surface area (Å²) in [6.45, 7) is 5.42. The summed E-state index contributed by atoms with van der Waals surface area (Å²) >= 11 is 0. The lowest BCUT2D eigenvalue weighted by Crippen LogP contribution is -2.43. The van der Waals surface area contributed by atoms with Crippen molar-refractivity contribution in [2.24, 2.45) is 0 Å². The Morgan fingerprint density at radius 1 is 1.04 bits per heavy atom. The molecule has 3 rings (SSSR count). The maximum atomic E-state index is 12.8. The lowest BCUT2D eigenvalue weighted by Gasteiger charge is -2.33. The molecule has 1 aliphatic heterocycles. The van der Waals surface area contributed by atoms with Crippen LogP contribution in [0.4, 0.5) is 0 Å². The summed E-state index contributed by atoms with van der Waals surface area (Å²) in [5.41, 5.74) is 1.01. The van der Waals surface area contributed by atoms with Crippen molar-refractivity contribution >= 4 is 15.9 Å². The fourth-order valence-corrected chi connectivity index (χ4v) is 6.08. The van der Waals surface area contributed by atoms with Gasteiger partial charge in [0.05, 0.1) is 4.90 Å². The molecule has 1 aromatic rings. The van der Waals surface area contributed by atoms with Crippen molar-refractivity contribution in [3.63, 3.8) is 0 Å². The second-order valence-electron chi connectivity index (χ2n) is 8.44. The molecule has 2 aliphatic rings. The molecule has 0 unspecified atom stereocenters. The van der Waals surface area contributed by atoms with Gasteiger partial charge in [-0.3, -0.25) is 4.79 Å². The van der Waals surface area contributed by atoms with Gasteiger partial charge in [-0.1, -0.05) is 31.4 Å². The van der Waals surface area contributed by atoms with Crippen molar-refractivity contribution in [1.29, 1.82) is 0 Å². The molecule has 1 saturated carbocycles. The minimum atomic E-state index is -3.39. The summed E-state index contributed by atoms with van der Waals surface area (Å²) in [6, 6.07) is 7.73. The van der Waals surface area contributed by atoms with Gasteiger partial charge in [0.15, 0.2) is 0 Å². The van der Waals surface area contributed by atoms with Crippen LogP contribution in [0.25, 0.3) is 0 Å². The highest BCUT2D eigenvalue weighted by Crippen LogP contribution is 2.26. The van der Waals surface area contributed by atoms with Crippen LogP contribution in [-0.2, 0) is 21.2 Å². The number of amides is 1. The van der Waals surface area contributed by atoms with Gasteiger partial charge in [0.25, 0.3) is 0 Å². The quantitative estimate of drug-likeness (QED) is 0.688. The fourth-order valence-electron chi connectivity index (χ4n) is 4.56. The molecule has 1 heterocycles. The number of hydrogen-bond acceptors (Lipinski definition) is 3. The molecule has 1 aliphatic carbocycles. The zero-order valence-electron chi connectivity index (χ0n) is 17.3.